The van der Waals surface area contributed by atoms with E-state index in [9.17, 15) is 13.2 Å². The fourth-order valence-corrected chi connectivity index (χ4v) is 1.48. The van der Waals surface area contributed by atoms with Gasteiger partial charge in [0.25, 0.3) is 0 Å². The summed E-state index contributed by atoms with van der Waals surface area (Å²) in [6, 6.07) is 7.18. The quantitative estimate of drug-likeness (QED) is 0.884. The minimum absolute atomic E-state index is 0.265. The molecular formula is C16H20F3N3O. The van der Waals surface area contributed by atoms with Gasteiger partial charge in [0, 0.05) is 18.7 Å². The molecule has 0 spiro atoms. The van der Waals surface area contributed by atoms with Gasteiger partial charge in [0.15, 0.2) is 0 Å². The van der Waals surface area contributed by atoms with Crippen molar-refractivity contribution in [3.63, 3.8) is 0 Å². The lowest BCUT2D eigenvalue weighted by molar-refractivity contribution is -0.274. The maximum Gasteiger partial charge on any atom is 0.573 e. The first-order valence-corrected chi connectivity index (χ1v) is 7.07. The van der Waals surface area contributed by atoms with Gasteiger partial charge in [-0.1, -0.05) is 20.8 Å². The van der Waals surface area contributed by atoms with Gasteiger partial charge in [-0.25, -0.2) is 9.97 Å². The van der Waals surface area contributed by atoms with Crippen LogP contribution in [0.3, 0.4) is 0 Å². The SMILES string of the molecule is CC(C)C.CNc1cc(-c2ccc(OC(F)(F)F)cc2)ncn1. The molecule has 0 aliphatic heterocycles. The summed E-state index contributed by atoms with van der Waals surface area (Å²) in [5.41, 5.74) is 1.28. The van der Waals surface area contributed by atoms with Crippen LogP contribution in [0.5, 0.6) is 5.75 Å². The Kier molecular flexibility index (Phi) is 6.81. The van der Waals surface area contributed by atoms with Crippen LogP contribution >= 0.6 is 0 Å². The molecule has 1 N–H and O–H groups in total. The molecule has 0 fully saturated rings. The molecule has 0 saturated heterocycles. The minimum atomic E-state index is -4.68. The third-order valence-electron chi connectivity index (χ3n) is 2.31. The van der Waals surface area contributed by atoms with Crippen molar-refractivity contribution in [2.24, 2.45) is 5.92 Å². The van der Waals surface area contributed by atoms with Crippen LogP contribution in [0, 0.1) is 5.92 Å². The van der Waals surface area contributed by atoms with Crippen molar-refractivity contribution in [2.45, 2.75) is 27.1 Å². The highest BCUT2D eigenvalue weighted by atomic mass is 19.4. The lowest BCUT2D eigenvalue weighted by Gasteiger charge is -2.09. The summed E-state index contributed by atoms with van der Waals surface area (Å²) in [7, 11) is 1.71. The van der Waals surface area contributed by atoms with Crippen molar-refractivity contribution < 1.29 is 17.9 Å². The molecule has 0 saturated carbocycles. The van der Waals surface area contributed by atoms with Crippen molar-refractivity contribution in [2.75, 3.05) is 12.4 Å². The lowest BCUT2D eigenvalue weighted by Crippen LogP contribution is -2.16. The first-order chi connectivity index (χ1) is 10.7. The predicted octanol–water partition coefficient (Wildman–Crippen LogP) is 4.75. The van der Waals surface area contributed by atoms with Crippen molar-refractivity contribution in [1.29, 1.82) is 0 Å². The zero-order valence-corrected chi connectivity index (χ0v) is 13.5. The summed E-state index contributed by atoms with van der Waals surface area (Å²) >= 11 is 0. The summed E-state index contributed by atoms with van der Waals surface area (Å²) in [6.07, 6.45) is -3.31. The Morgan fingerprint density at radius 3 is 2.09 bits per heavy atom. The summed E-state index contributed by atoms with van der Waals surface area (Å²) in [5, 5.41) is 2.85. The first-order valence-electron chi connectivity index (χ1n) is 7.07. The fourth-order valence-electron chi connectivity index (χ4n) is 1.48. The highest BCUT2D eigenvalue weighted by molar-refractivity contribution is 5.62. The number of rotatable bonds is 3. The van der Waals surface area contributed by atoms with Gasteiger partial charge in [-0.3, -0.25) is 0 Å². The number of anilines is 1. The van der Waals surface area contributed by atoms with Crippen molar-refractivity contribution >= 4 is 5.82 Å². The van der Waals surface area contributed by atoms with E-state index in [1.807, 2.05) is 0 Å². The van der Waals surface area contributed by atoms with Crippen LogP contribution in [-0.4, -0.2) is 23.4 Å². The molecule has 0 aliphatic rings. The monoisotopic (exact) mass is 327 g/mol. The number of halogens is 3. The van der Waals surface area contributed by atoms with Gasteiger partial charge in [-0.15, -0.1) is 13.2 Å². The molecule has 0 atom stereocenters. The van der Waals surface area contributed by atoms with E-state index in [0.717, 1.165) is 5.92 Å². The van der Waals surface area contributed by atoms with E-state index in [1.54, 1.807) is 13.1 Å². The van der Waals surface area contributed by atoms with Gasteiger partial charge < -0.3 is 10.1 Å². The number of benzene rings is 1. The fraction of sp³-hybridized carbons (Fsp3) is 0.375. The number of nitrogens with one attached hydrogen (secondary N) is 1. The Balaban J connectivity index is 0.000000593. The van der Waals surface area contributed by atoms with Crippen LogP contribution in [-0.2, 0) is 0 Å². The number of aromatic nitrogens is 2. The maximum absolute atomic E-state index is 12.0. The molecule has 0 unspecified atom stereocenters. The van der Waals surface area contributed by atoms with Crippen LogP contribution in [0.15, 0.2) is 36.7 Å². The molecule has 0 aliphatic carbocycles. The zero-order valence-electron chi connectivity index (χ0n) is 13.5. The second kappa shape index (κ2) is 8.36. The van der Waals surface area contributed by atoms with E-state index in [1.165, 1.54) is 30.6 Å². The van der Waals surface area contributed by atoms with Gasteiger partial charge in [-0.2, -0.15) is 0 Å². The van der Waals surface area contributed by atoms with Crippen LogP contribution < -0.4 is 10.1 Å². The highest BCUT2D eigenvalue weighted by Crippen LogP contribution is 2.26. The van der Waals surface area contributed by atoms with E-state index in [2.05, 4.69) is 40.8 Å². The van der Waals surface area contributed by atoms with Gasteiger partial charge in [0.2, 0.25) is 0 Å². The van der Waals surface area contributed by atoms with E-state index in [4.69, 9.17) is 0 Å². The molecule has 126 valence electrons. The molecule has 1 aromatic heterocycles. The van der Waals surface area contributed by atoms with Crippen molar-refractivity contribution in [3.8, 4) is 17.0 Å². The number of hydrogen-bond acceptors (Lipinski definition) is 4. The van der Waals surface area contributed by atoms with E-state index in [-0.39, 0.29) is 5.75 Å². The molecule has 7 heteroatoms. The van der Waals surface area contributed by atoms with E-state index >= 15 is 0 Å². The van der Waals surface area contributed by atoms with Gasteiger partial charge in [0.1, 0.15) is 17.9 Å². The smallest absolute Gasteiger partial charge is 0.406 e. The second-order valence-corrected chi connectivity index (χ2v) is 5.34. The number of alkyl halides is 3. The van der Waals surface area contributed by atoms with Crippen molar-refractivity contribution in [3.05, 3.63) is 36.7 Å². The molecule has 23 heavy (non-hydrogen) atoms. The molecule has 2 rings (SSSR count). The van der Waals surface area contributed by atoms with Crippen LogP contribution in [0.1, 0.15) is 20.8 Å². The Bertz CT molecular complexity index is 596. The maximum atomic E-state index is 12.0. The Morgan fingerprint density at radius 1 is 1.04 bits per heavy atom. The third kappa shape index (κ3) is 7.49. The highest BCUT2D eigenvalue weighted by Gasteiger charge is 2.30. The van der Waals surface area contributed by atoms with Gasteiger partial charge in [0.05, 0.1) is 5.69 Å². The predicted molar refractivity (Wildman–Crippen MR) is 84.2 cm³/mol. The number of hydrogen-bond donors (Lipinski definition) is 1. The largest absolute Gasteiger partial charge is 0.573 e. The summed E-state index contributed by atoms with van der Waals surface area (Å²) in [5.74, 6) is 1.19. The van der Waals surface area contributed by atoms with Crippen molar-refractivity contribution in [1.82, 2.24) is 9.97 Å². The average molecular weight is 327 g/mol. The lowest BCUT2D eigenvalue weighted by atomic mass is 10.1. The topological polar surface area (TPSA) is 47.0 Å². The first kappa shape index (κ1) is 18.7. The molecule has 4 nitrogen and oxygen atoms in total. The van der Waals surface area contributed by atoms with Crippen LogP contribution in [0.2, 0.25) is 0 Å². The van der Waals surface area contributed by atoms with Crippen LogP contribution in [0.25, 0.3) is 11.3 Å². The molecule has 2 aromatic rings. The Hall–Kier alpha value is -2.31. The van der Waals surface area contributed by atoms with Crippen LogP contribution in [0.4, 0.5) is 19.0 Å². The molecule has 0 radical (unpaired) electrons. The van der Waals surface area contributed by atoms with Gasteiger partial charge >= 0.3 is 6.36 Å². The molecule has 0 amide bonds. The Labute approximate surface area is 133 Å². The normalized spacial score (nSPS) is 10.8. The zero-order chi connectivity index (χ0) is 17.5. The van der Waals surface area contributed by atoms with Gasteiger partial charge in [-0.05, 0) is 30.2 Å². The van der Waals surface area contributed by atoms with E-state index in [0.29, 0.717) is 17.1 Å². The molecule has 1 aromatic carbocycles. The Morgan fingerprint density at radius 2 is 1.61 bits per heavy atom. The second-order valence-electron chi connectivity index (χ2n) is 5.34. The van der Waals surface area contributed by atoms with E-state index < -0.39 is 6.36 Å². The number of nitrogens with zero attached hydrogens (tertiary/aromatic N) is 2. The summed E-state index contributed by atoms with van der Waals surface area (Å²) in [6.45, 7) is 6.50. The molecule has 0 bridgehead atoms. The average Bonchev–Trinajstić information content (AvgIpc) is 2.46. The molecular weight excluding hydrogens is 307 g/mol. The number of ether oxygens (including phenoxy) is 1. The summed E-state index contributed by atoms with van der Waals surface area (Å²) in [4.78, 5) is 8.00. The molecule has 1 heterocycles. The standard InChI is InChI=1S/C12H10F3N3O.C4H10/c1-16-11-6-10(17-7-18-11)8-2-4-9(5-3-8)19-12(13,14)15;1-4(2)3/h2-7H,1H3,(H,16,17,18);4H,1-3H3. The minimum Gasteiger partial charge on any atom is -0.406 e. The summed E-state index contributed by atoms with van der Waals surface area (Å²) < 4.78 is 39.8. The third-order valence-corrected chi connectivity index (χ3v) is 2.31.